The molecule has 1 fully saturated rings. The molecule has 0 bridgehead atoms. The summed E-state index contributed by atoms with van der Waals surface area (Å²) in [5.74, 6) is 2.02. The van der Waals surface area contributed by atoms with Crippen LogP contribution in [0.25, 0.3) is 0 Å². The van der Waals surface area contributed by atoms with Gasteiger partial charge in [0.25, 0.3) is 0 Å². The highest BCUT2D eigenvalue weighted by Gasteiger charge is 2.18. The highest BCUT2D eigenvalue weighted by atomic mass is 32.2. The van der Waals surface area contributed by atoms with E-state index >= 15 is 0 Å². The van der Waals surface area contributed by atoms with Gasteiger partial charge in [-0.1, -0.05) is 0 Å². The molecule has 0 saturated carbocycles. The molecule has 0 radical (unpaired) electrons. The molecule has 54 valence electrons. The molecule has 0 atom stereocenters. The van der Waals surface area contributed by atoms with Crippen molar-refractivity contribution in [3.8, 4) is 0 Å². The zero-order valence-corrected chi connectivity index (χ0v) is 6.53. The SMILES string of the molecule is CNN1CSCN1NC. The molecule has 4 nitrogen and oxygen atoms in total. The zero-order chi connectivity index (χ0) is 6.69. The van der Waals surface area contributed by atoms with Crippen molar-refractivity contribution < 1.29 is 0 Å². The minimum absolute atomic E-state index is 1.01. The molecule has 0 unspecified atom stereocenters. The summed E-state index contributed by atoms with van der Waals surface area (Å²) >= 11 is 1.87. The number of thioether (sulfide) groups is 1. The summed E-state index contributed by atoms with van der Waals surface area (Å²) in [5, 5.41) is 4.04. The molecule has 1 heterocycles. The third kappa shape index (κ3) is 1.56. The smallest absolute Gasteiger partial charge is 0.0774 e. The van der Waals surface area contributed by atoms with Gasteiger partial charge in [-0.25, -0.2) is 10.9 Å². The van der Waals surface area contributed by atoms with E-state index in [2.05, 4.69) is 10.9 Å². The summed E-state index contributed by atoms with van der Waals surface area (Å²) in [7, 11) is 3.83. The van der Waals surface area contributed by atoms with Gasteiger partial charge in [-0.05, 0) is 0 Å². The molecule has 1 saturated heterocycles. The maximum absolute atomic E-state index is 3.04. The maximum atomic E-state index is 3.04. The standard InChI is InChI=1S/C4H12N4S/c1-5-7-3-9-4-8(7)6-2/h5-6H,3-4H2,1-2H3. The lowest BCUT2D eigenvalue weighted by atomic mass is 11.2. The van der Waals surface area contributed by atoms with Crippen LogP contribution in [0.4, 0.5) is 0 Å². The van der Waals surface area contributed by atoms with Crippen LogP contribution in [-0.2, 0) is 0 Å². The fourth-order valence-corrected chi connectivity index (χ4v) is 1.69. The molecular weight excluding hydrogens is 136 g/mol. The summed E-state index contributed by atoms with van der Waals surface area (Å²) in [6.07, 6.45) is 0. The fourth-order valence-electron chi connectivity index (χ4n) is 0.724. The van der Waals surface area contributed by atoms with E-state index in [9.17, 15) is 0 Å². The summed E-state index contributed by atoms with van der Waals surface area (Å²) in [6, 6.07) is 0. The number of hydrazine groups is 3. The Labute approximate surface area is 59.5 Å². The molecule has 1 aliphatic rings. The summed E-state index contributed by atoms with van der Waals surface area (Å²) in [5.41, 5.74) is 6.08. The van der Waals surface area contributed by atoms with E-state index in [4.69, 9.17) is 0 Å². The molecule has 0 aliphatic carbocycles. The Hall–Kier alpha value is 0.190. The number of hydrogen-bond acceptors (Lipinski definition) is 5. The van der Waals surface area contributed by atoms with Crippen LogP contribution in [0, 0.1) is 0 Å². The largest absolute Gasteiger partial charge is 0.242 e. The minimum atomic E-state index is 1.01. The number of hydrogen-bond donors (Lipinski definition) is 2. The normalized spacial score (nSPS) is 23.3. The second-order valence-electron chi connectivity index (χ2n) is 1.71. The molecule has 0 aromatic carbocycles. The Morgan fingerprint density at radius 2 is 1.56 bits per heavy atom. The first-order valence-corrected chi connectivity index (χ1v) is 4.01. The zero-order valence-electron chi connectivity index (χ0n) is 5.72. The average molecular weight is 148 g/mol. The quantitative estimate of drug-likeness (QED) is 0.548. The van der Waals surface area contributed by atoms with E-state index in [-0.39, 0.29) is 0 Å². The third-order valence-electron chi connectivity index (χ3n) is 1.23. The average Bonchev–Trinajstić information content (AvgIpc) is 2.33. The summed E-state index contributed by atoms with van der Waals surface area (Å²) < 4.78 is 0. The van der Waals surface area contributed by atoms with Crippen molar-refractivity contribution in [3.05, 3.63) is 0 Å². The Balaban J connectivity index is 2.32. The van der Waals surface area contributed by atoms with Crippen LogP contribution in [0.5, 0.6) is 0 Å². The van der Waals surface area contributed by atoms with Gasteiger partial charge in [0, 0.05) is 14.1 Å². The van der Waals surface area contributed by atoms with Gasteiger partial charge in [0.15, 0.2) is 0 Å². The van der Waals surface area contributed by atoms with Gasteiger partial charge in [0.1, 0.15) is 0 Å². The van der Waals surface area contributed by atoms with Crippen LogP contribution in [0.15, 0.2) is 0 Å². The van der Waals surface area contributed by atoms with E-state index in [1.165, 1.54) is 0 Å². The highest BCUT2D eigenvalue weighted by molar-refractivity contribution is 7.99. The van der Waals surface area contributed by atoms with Gasteiger partial charge in [0.2, 0.25) is 0 Å². The first-order valence-electron chi connectivity index (χ1n) is 2.86. The molecule has 1 aliphatic heterocycles. The van der Waals surface area contributed by atoms with Gasteiger partial charge >= 0.3 is 0 Å². The minimum Gasteiger partial charge on any atom is -0.242 e. The lowest BCUT2D eigenvalue weighted by Crippen LogP contribution is -2.49. The third-order valence-corrected chi connectivity index (χ3v) is 2.09. The molecule has 0 aromatic rings. The Kier molecular flexibility index (Phi) is 2.74. The monoisotopic (exact) mass is 148 g/mol. The predicted octanol–water partition coefficient (Wildman–Crippen LogP) is -0.564. The first-order chi connectivity index (χ1) is 4.38. The van der Waals surface area contributed by atoms with Crippen molar-refractivity contribution in [1.82, 2.24) is 21.1 Å². The molecule has 5 heteroatoms. The van der Waals surface area contributed by atoms with Gasteiger partial charge in [-0.3, -0.25) is 0 Å². The molecular formula is C4H12N4S. The maximum Gasteiger partial charge on any atom is 0.0774 e. The van der Waals surface area contributed by atoms with Gasteiger partial charge < -0.3 is 0 Å². The molecule has 0 aromatic heterocycles. The fraction of sp³-hybridized carbons (Fsp3) is 1.00. The summed E-state index contributed by atoms with van der Waals surface area (Å²) in [6.45, 7) is 0. The Morgan fingerprint density at radius 1 is 1.11 bits per heavy atom. The second kappa shape index (κ2) is 3.38. The van der Waals surface area contributed by atoms with Crippen LogP contribution in [-0.4, -0.2) is 36.1 Å². The van der Waals surface area contributed by atoms with Crippen molar-refractivity contribution >= 4 is 11.8 Å². The molecule has 9 heavy (non-hydrogen) atoms. The van der Waals surface area contributed by atoms with Crippen molar-refractivity contribution in [3.63, 3.8) is 0 Å². The van der Waals surface area contributed by atoms with Gasteiger partial charge in [0.05, 0.1) is 11.8 Å². The van der Waals surface area contributed by atoms with Crippen LogP contribution in [0.1, 0.15) is 0 Å². The molecule has 2 N–H and O–H groups in total. The predicted molar refractivity (Wildman–Crippen MR) is 39.1 cm³/mol. The van der Waals surface area contributed by atoms with Crippen LogP contribution >= 0.6 is 11.8 Å². The molecule has 0 amide bonds. The lowest BCUT2D eigenvalue weighted by molar-refractivity contribution is -0.0514. The first kappa shape index (κ1) is 7.30. The van der Waals surface area contributed by atoms with E-state index in [1.807, 2.05) is 36.1 Å². The second-order valence-corrected chi connectivity index (χ2v) is 2.63. The lowest BCUT2D eigenvalue weighted by Gasteiger charge is -2.23. The van der Waals surface area contributed by atoms with E-state index in [1.54, 1.807) is 0 Å². The van der Waals surface area contributed by atoms with Crippen molar-refractivity contribution in [2.24, 2.45) is 0 Å². The Bertz CT molecular complexity index is 78.6. The van der Waals surface area contributed by atoms with Crippen molar-refractivity contribution in [2.75, 3.05) is 25.8 Å². The van der Waals surface area contributed by atoms with Gasteiger partial charge in [-0.15, -0.1) is 11.8 Å². The van der Waals surface area contributed by atoms with Crippen LogP contribution in [0.3, 0.4) is 0 Å². The molecule has 1 rings (SSSR count). The number of nitrogens with one attached hydrogen (secondary N) is 2. The van der Waals surface area contributed by atoms with Crippen molar-refractivity contribution in [2.45, 2.75) is 0 Å². The molecule has 0 spiro atoms. The van der Waals surface area contributed by atoms with Crippen molar-refractivity contribution in [1.29, 1.82) is 0 Å². The van der Waals surface area contributed by atoms with Gasteiger partial charge in [-0.2, -0.15) is 10.2 Å². The van der Waals surface area contributed by atoms with Crippen LogP contribution < -0.4 is 10.9 Å². The van der Waals surface area contributed by atoms with Crippen LogP contribution in [0.2, 0.25) is 0 Å². The Morgan fingerprint density at radius 3 is 1.89 bits per heavy atom. The number of rotatable bonds is 2. The van der Waals surface area contributed by atoms with E-state index in [0.29, 0.717) is 0 Å². The summed E-state index contributed by atoms with van der Waals surface area (Å²) in [4.78, 5) is 0. The number of nitrogens with zero attached hydrogens (tertiary/aromatic N) is 2. The van der Waals surface area contributed by atoms with E-state index < -0.39 is 0 Å². The highest BCUT2D eigenvalue weighted by Crippen LogP contribution is 2.13. The topological polar surface area (TPSA) is 30.5 Å². The van der Waals surface area contributed by atoms with E-state index in [0.717, 1.165) is 11.8 Å².